The molecule has 14 heavy (non-hydrogen) atoms. The molecule has 1 aromatic heterocycles. The Kier molecular flexibility index (Phi) is 2.14. The van der Waals surface area contributed by atoms with Gasteiger partial charge in [-0.2, -0.15) is 0 Å². The lowest BCUT2D eigenvalue weighted by molar-refractivity contribution is 0.163. The molecule has 3 saturated heterocycles. The summed E-state index contributed by atoms with van der Waals surface area (Å²) in [5, 5.41) is 3.22. The number of hydrogen-bond acceptors (Lipinski definition) is 3. The van der Waals surface area contributed by atoms with Crippen molar-refractivity contribution in [3.63, 3.8) is 0 Å². The molecular formula is C11H14N2S. The van der Waals surface area contributed by atoms with Crippen LogP contribution in [0.25, 0.3) is 6.08 Å². The van der Waals surface area contributed by atoms with Crippen LogP contribution in [0.2, 0.25) is 0 Å². The fourth-order valence-electron chi connectivity index (χ4n) is 2.48. The van der Waals surface area contributed by atoms with Crippen molar-refractivity contribution >= 4 is 17.4 Å². The summed E-state index contributed by atoms with van der Waals surface area (Å²) < 4.78 is 0. The molecule has 4 heterocycles. The van der Waals surface area contributed by atoms with Gasteiger partial charge in [0.15, 0.2) is 0 Å². The zero-order valence-corrected chi connectivity index (χ0v) is 8.96. The van der Waals surface area contributed by atoms with Crippen LogP contribution in [0.1, 0.15) is 17.8 Å². The highest BCUT2D eigenvalue weighted by molar-refractivity contribution is 7.10. The smallest absolute Gasteiger partial charge is 0.116 e. The molecule has 3 aliphatic heterocycles. The number of aromatic nitrogens is 1. The quantitative estimate of drug-likeness (QED) is 0.700. The second kappa shape index (κ2) is 3.48. The van der Waals surface area contributed by atoms with Gasteiger partial charge in [-0.3, -0.25) is 4.90 Å². The lowest BCUT2D eigenvalue weighted by Crippen LogP contribution is -2.42. The first kappa shape index (κ1) is 8.62. The first-order valence-corrected chi connectivity index (χ1v) is 6.12. The second-order valence-electron chi connectivity index (χ2n) is 4.14. The second-order valence-corrected chi connectivity index (χ2v) is 5.07. The summed E-state index contributed by atoms with van der Waals surface area (Å²) in [6, 6.07) is 0. The van der Waals surface area contributed by atoms with Crippen LogP contribution in [0.5, 0.6) is 0 Å². The molecule has 74 valence electrons. The van der Waals surface area contributed by atoms with Crippen LogP contribution < -0.4 is 0 Å². The first-order valence-electron chi connectivity index (χ1n) is 5.24. The molecule has 4 rings (SSSR count). The van der Waals surface area contributed by atoms with E-state index in [1.807, 2.05) is 11.6 Å². The molecule has 0 radical (unpaired) electrons. The Bertz CT molecular complexity index is 334. The third-order valence-corrected chi connectivity index (χ3v) is 4.00. The maximum absolute atomic E-state index is 4.32. The van der Waals surface area contributed by atoms with E-state index in [0.29, 0.717) is 0 Å². The van der Waals surface area contributed by atoms with Crippen molar-refractivity contribution in [2.24, 2.45) is 5.92 Å². The van der Waals surface area contributed by atoms with Crippen LogP contribution >= 0.6 is 11.3 Å². The minimum atomic E-state index is 0.851. The van der Waals surface area contributed by atoms with E-state index in [4.69, 9.17) is 0 Å². The molecule has 2 bridgehead atoms. The fraction of sp³-hybridized carbons (Fsp3) is 0.545. The number of nitrogens with zero attached hydrogens (tertiary/aromatic N) is 2. The van der Waals surface area contributed by atoms with Crippen LogP contribution in [0.3, 0.4) is 0 Å². The molecule has 0 saturated carbocycles. The molecule has 0 aliphatic carbocycles. The van der Waals surface area contributed by atoms with Gasteiger partial charge in [0.1, 0.15) is 5.01 Å². The summed E-state index contributed by atoms with van der Waals surface area (Å²) in [5.74, 6) is 0.851. The van der Waals surface area contributed by atoms with Gasteiger partial charge in [-0.25, -0.2) is 4.98 Å². The predicted molar refractivity (Wildman–Crippen MR) is 59.3 cm³/mol. The topological polar surface area (TPSA) is 16.1 Å². The summed E-state index contributed by atoms with van der Waals surface area (Å²) in [4.78, 5) is 6.87. The van der Waals surface area contributed by atoms with E-state index in [1.54, 1.807) is 16.9 Å². The molecule has 3 heteroatoms. The Hall–Kier alpha value is -0.670. The number of hydrogen-bond donors (Lipinski definition) is 0. The third kappa shape index (κ3) is 1.51. The van der Waals surface area contributed by atoms with Gasteiger partial charge in [-0.15, -0.1) is 11.3 Å². The summed E-state index contributed by atoms with van der Waals surface area (Å²) in [5.41, 5.74) is 1.61. The normalized spacial score (nSPS) is 33.9. The highest BCUT2D eigenvalue weighted by Gasteiger charge is 2.29. The van der Waals surface area contributed by atoms with E-state index in [1.165, 1.54) is 37.5 Å². The van der Waals surface area contributed by atoms with E-state index >= 15 is 0 Å². The summed E-state index contributed by atoms with van der Waals surface area (Å²) >= 11 is 1.74. The largest absolute Gasteiger partial charge is 0.299 e. The number of thiazole rings is 1. The third-order valence-electron chi connectivity index (χ3n) is 3.28. The highest BCUT2D eigenvalue weighted by Crippen LogP contribution is 2.32. The van der Waals surface area contributed by atoms with Crippen molar-refractivity contribution in [3.05, 3.63) is 22.2 Å². The molecule has 0 aromatic carbocycles. The monoisotopic (exact) mass is 206 g/mol. The van der Waals surface area contributed by atoms with Crippen molar-refractivity contribution in [1.82, 2.24) is 9.88 Å². The van der Waals surface area contributed by atoms with Crippen molar-refractivity contribution in [2.45, 2.75) is 12.8 Å². The minimum absolute atomic E-state index is 0.851. The van der Waals surface area contributed by atoms with Gasteiger partial charge in [-0.1, -0.05) is 5.57 Å². The first-order chi connectivity index (χ1) is 6.92. The van der Waals surface area contributed by atoms with Crippen molar-refractivity contribution in [3.8, 4) is 0 Å². The molecular weight excluding hydrogens is 192 g/mol. The lowest BCUT2D eigenvalue weighted by atomic mass is 9.84. The summed E-state index contributed by atoms with van der Waals surface area (Å²) in [6.45, 7) is 3.80. The highest BCUT2D eigenvalue weighted by atomic mass is 32.1. The summed E-state index contributed by atoms with van der Waals surface area (Å²) in [7, 11) is 0. The van der Waals surface area contributed by atoms with Crippen molar-refractivity contribution in [2.75, 3.05) is 19.6 Å². The Morgan fingerprint density at radius 2 is 2.29 bits per heavy atom. The fourth-order valence-corrected chi connectivity index (χ4v) is 3.08. The summed E-state index contributed by atoms with van der Waals surface area (Å²) in [6.07, 6.45) is 6.91. The van der Waals surface area contributed by atoms with Gasteiger partial charge in [0, 0.05) is 18.1 Å². The van der Waals surface area contributed by atoms with Gasteiger partial charge in [-0.05, 0) is 37.9 Å². The SMILES string of the molecule is C(=C1\CN2CCC1CC2)/c1nccs1. The van der Waals surface area contributed by atoms with Crippen molar-refractivity contribution in [1.29, 1.82) is 0 Å². The molecule has 0 unspecified atom stereocenters. The Balaban J connectivity index is 1.85. The maximum atomic E-state index is 4.32. The van der Waals surface area contributed by atoms with Gasteiger partial charge in [0.25, 0.3) is 0 Å². The molecule has 0 N–H and O–H groups in total. The average Bonchev–Trinajstić information content (AvgIpc) is 2.72. The Labute approximate surface area is 88.3 Å². The molecule has 2 nitrogen and oxygen atoms in total. The zero-order chi connectivity index (χ0) is 9.38. The van der Waals surface area contributed by atoms with E-state index in [9.17, 15) is 0 Å². The van der Waals surface area contributed by atoms with Crippen LogP contribution in [-0.2, 0) is 0 Å². The van der Waals surface area contributed by atoms with E-state index in [0.717, 1.165) is 5.92 Å². The van der Waals surface area contributed by atoms with Crippen LogP contribution in [0.15, 0.2) is 17.2 Å². The number of fused-ring (bicyclic) bond motifs is 3. The molecule has 3 fully saturated rings. The number of piperidine rings is 3. The average molecular weight is 206 g/mol. The van der Waals surface area contributed by atoms with E-state index < -0.39 is 0 Å². The van der Waals surface area contributed by atoms with Gasteiger partial charge < -0.3 is 0 Å². The molecule has 1 aromatic rings. The Morgan fingerprint density at radius 1 is 1.43 bits per heavy atom. The molecule has 0 atom stereocenters. The standard InChI is InChI=1S/C11H14N2S/c1-4-13-5-2-9(1)10(8-13)7-11-12-3-6-14-11/h3,6-7,9H,1-2,4-5,8H2/b10-7-. The van der Waals surface area contributed by atoms with E-state index in [2.05, 4.69) is 16.0 Å². The van der Waals surface area contributed by atoms with Crippen LogP contribution in [0, 0.1) is 5.92 Å². The zero-order valence-electron chi connectivity index (χ0n) is 8.15. The Morgan fingerprint density at radius 3 is 2.86 bits per heavy atom. The molecule has 3 aliphatic rings. The van der Waals surface area contributed by atoms with Gasteiger partial charge in [0.05, 0.1) is 0 Å². The maximum Gasteiger partial charge on any atom is 0.116 e. The van der Waals surface area contributed by atoms with E-state index in [-0.39, 0.29) is 0 Å². The van der Waals surface area contributed by atoms with Crippen molar-refractivity contribution < 1.29 is 0 Å². The van der Waals surface area contributed by atoms with Crippen LogP contribution in [-0.4, -0.2) is 29.5 Å². The molecule has 0 spiro atoms. The minimum Gasteiger partial charge on any atom is -0.299 e. The van der Waals surface area contributed by atoms with Gasteiger partial charge >= 0.3 is 0 Å². The predicted octanol–water partition coefficient (Wildman–Crippen LogP) is 2.25. The van der Waals surface area contributed by atoms with Gasteiger partial charge in [0.2, 0.25) is 0 Å². The number of rotatable bonds is 1. The van der Waals surface area contributed by atoms with Crippen LogP contribution in [0.4, 0.5) is 0 Å². The molecule has 0 amide bonds. The lowest BCUT2D eigenvalue weighted by Gasteiger charge is -2.40.